The number of carbonyl (C=O) groups is 1. The molecule has 0 atom stereocenters. The summed E-state index contributed by atoms with van der Waals surface area (Å²) < 4.78 is 9.82. The summed E-state index contributed by atoms with van der Waals surface area (Å²) in [5, 5.41) is 0. The monoisotopic (exact) mass is 192 g/mol. The Balaban J connectivity index is 2.67. The minimum atomic E-state index is -0.281. The minimum absolute atomic E-state index is 0.281. The van der Waals surface area contributed by atoms with Crippen molar-refractivity contribution in [1.29, 1.82) is 0 Å². The van der Waals surface area contributed by atoms with Crippen molar-refractivity contribution in [2.45, 2.75) is 6.92 Å². The molecular formula is C10H13BO3. The number of rotatable bonds is 4. The second-order valence-corrected chi connectivity index (χ2v) is 2.85. The molecule has 0 heterocycles. The molecule has 4 heteroatoms. The molecule has 0 aliphatic carbocycles. The van der Waals surface area contributed by atoms with E-state index < -0.39 is 0 Å². The molecule has 0 aliphatic heterocycles. The molecule has 0 radical (unpaired) electrons. The van der Waals surface area contributed by atoms with Crippen LogP contribution in [0.25, 0.3) is 0 Å². The minimum Gasteiger partial charge on any atom is -0.462 e. The van der Waals surface area contributed by atoms with Crippen LogP contribution in [0.5, 0.6) is 0 Å². The topological polar surface area (TPSA) is 35.5 Å². The Bertz CT molecular complexity index is 295. The molecule has 0 unspecified atom stereocenters. The zero-order valence-electron chi connectivity index (χ0n) is 8.45. The van der Waals surface area contributed by atoms with Gasteiger partial charge in [-0.25, -0.2) is 4.79 Å². The molecular weight excluding hydrogens is 179 g/mol. The van der Waals surface area contributed by atoms with Crippen LogP contribution in [-0.2, 0) is 9.39 Å². The number of benzene rings is 1. The van der Waals surface area contributed by atoms with Gasteiger partial charge in [-0.1, -0.05) is 17.6 Å². The van der Waals surface area contributed by atoms with Gasteiger partial charge in [0.1, 0.15) is 0 Å². The highest BCUT2D eigenvalue weighted by Crippen LogP contribution is 1.99. The maximum atomic E-state index is 11.3. The van der Waals surface area contributed by atoms with Gasteiger partial charge in [-0.15, -0.1) is 0 Å². The van der Waals surface area contributed by atoms with Crippen LogP contribution in [0, 0.1) is 0 Å². The Morgan fingerprint density at radius 1 is 1.36 bits per heavy atom. The van der Waals surface area contributed by atoms with Gasteiger partial charge in [0.05, 0.1) is 12.2 Å². The summed E-state index contributed by atoms with van der Waals surface area (Å²) in [6, 6.07) is 7.20. The van der Waals surface area contributed by atoms with E-state index in [4.69, 9.17) is 9.39 Å². The van der Waals surface area contributed by atoms with Crippen molar-refractivity contribution in [2.75, 3.05) is 13.7 Å². The Kier molecular flexibility index (Phi) is 4.20. The first kappa shape index (κ1) is 10.8. The summed E-state index contributed by atoms with van der Waals surface area (Å²) >= 11 is 0. The first-order valence-corrected chi connectivity index (χ1v) is 4.53. The number of carbonyl (C=O) groups excluding carboxylic acids is 1. The van der Waals surface area contributed by atoms with Crippen LogP contribution in [-0.4, -0.2) is 27.2 Å². The first-order chi connectivity index (χ1) is 6.77. The van der Waals surface area contributed by atoms with Crippen LogP contribution >= 0.6 is 0 Å². The zero-order valence-corrected chi connectivity index (χ0v) is 8.45. The van der Waals surface area contributed by atoms with E-state index in [0.29, 0.717) is 19.7 Å². The SMILES string of the molecule is CCOC(=O)c1ccc(BOC)cc1. The standard InChI is InChI=1S/C10H13BO3/c1-3-14-10(12)8-4-6-9(7-5-8)11-13-2/h4-7,11H,3H2,1-2H3. The van der Waals surface area contributed by atoms with E-state index in [1.165, 1.54) is 0 Å². The van der Waals surface area contributed by atoms with Crippen LogP contribution in [0.4, 0.5) is 0 Å². The van der Waals surface area contributed by atoms with Crippen molar-refractivity contribution in [3.8, 4) is 0 Å². The fourth-order valence-corrected chi connectivity index (χ4v) is 1.12. The molecule has 14 heavy (non-hydrogen) atoms. The van der Waals surface area contributed by atoms with Crippen LogP contribution in [0.3, 0.4) is 0 Å². The lowest BCUT2D eigenvalue weighted by Crippen LogP contribution is -2.16. The molecule has 0 bridgehead atoms. The van der Waals surface area contributed by atoms with Gasteiger partial charge in [0, 0.05) is 7.11 Å². The van der Waals surface area contributed by atoms with Crippen molar-refractivity contribution in [2.24, 2.45) is 0 Å². The maximum absolute atomic E-state index is 11.3. The van der Waals surface area contributed by atoms with Gasteiger partial charge in [-0.05, 0) is 19.1 Å². The second-order valence-electron chi connectivity index (χ2n) is 2.85. The molecule has 0 aromatic heterocycles. The van der Waals surface area contributed by atoms with E-state index in [1.807, 2.05) is 12.1 Å². The predicted molar refractivity (Wildman–Crippen MR) is 56.2 cm³/mol. The van der Waals surface area contributed by atoms with E-state index in [9.17, 15) is 4.79 Å². The predicted octanol–water partition coefficient (Wildman–Crippen LogP) is 0.486. The average molecular weight is 192 g/mol. The molecule has 0 spiro atoms. The smallest absolute Gasteiger partial charge is 0.338 e. The summed E-state index contributed by atoms with van der Waals surface area (Å²) in [6.07, 6.45) is 0. The van der Waals surface area contributed by atoms with E-state index in [2.05, 4.69) is 0 Å². The first-order valence-electron chi connectivity index (χ1n) is 4.53. The molecule has 3 nitrogen and oxygen atoms in total. The van der Waals surface area contributed by atoms with E-state index in [0.717, 1.165) is 5.46 Å². The van der Waals surface area contributed by atoms with E-state index in [1.54, 1.807) is 26.2 Å². The van der Waals surface area contributed by atoms with Gasteiger partial charge in [0.15, 0.2) is 0 Å². The lowest BCUT2D eigenvalue weighted by molar-refractivity contribution is 0.0526. The molecule has 0 saturated carbocycles. The summed E-state index contributed by atoms with van der Waals surface area (Å²) in [5.74, 6) is -0.281. The van der Waals surface area contributed by atoms with Crippen molar-refractivity contribution in [3.63, 3.8) is 0 Å². The van der Waals surface area contributed by atoms with Crippen LogP contribution in [0.15, 0.2) is 24.3 Å². The van der Waals surface area contributed by atoms with Crippen LogP contribution < -0.4 is 5.46 Å². The number of esters is 1. The van der Waals surface area contributed by atoms with Crippen LogP contribution in [0.1, 0.15) is 17.3 Å². The summed E-state index contributed by atoms with van der Waals surface area (Å²) in [7, 11) is 2.20. The molecule has 0 aliphatic rings. The Morgan fingerprint density at radius 3 is 2.50 bits per heavy atom. The van der Waals surface area contributed by atoms with Crippen molar-refractivity contribution < 1.29 is 14.2 Å². The molecule has 74 valence electrons. The number of hydrogen-bond acceptors (Lipinski definition) is 3. The van der Waals surface area contributed by atoms with Gasteiger partial charge in [-0.3, -0.25) is 0 Å². The lowest BCUT2D eigenvalue weighted by Gasteiger charge is -2.02. The van der Waals surface area contributed by atoms with Gasteiger partial charge in [0.2, 0.25) is 0 Å². The third kappa shape index (κ3) is 2.89. The number of hydrogen-bond donors (Lipinski definition) is 0. The largest absolute Gasteiger partial charge is 0.462 e. The third-order valence-corrected chi connectivity index (χ3v) is 1.78. The normalized spacial score (nSPS) is 9.57. The van der Waals surface area contributed by atoms with E-state index >= 15 is 0 Å². The van der Waals surface area contributed by atoms with Crippen LogP contribution in [0.2, 0.25) is 0 Å². The highest BCUT2D eigenvalue weighted by atomic mass is 16.5. The molecule has 0 saturated heterocycles. The highest BCUT2D eigenvalue weighted by Gasteiger charge is 2.05. The Morgan fingerprint density at radius 2 is 2.00 bits per heavy atom. The average Bonchev–Trinajstić information content (AvgIpc) is 2.20. The molecule has 0 N–H and O–H groups in total. The van der Waals surface area contributed by atoms with Crippen molar-refractivity contribution in [3.05, 3.63) is 29.8 Å². The molecule has 0 amide bonds. The summed E-state index contributed by atoms with van der Waals surface area (Å²) in [4.78, 5) is 11.3. The summed E-state index contributed by atoms with van der Waals surface area (Å²) in [6.45, 7) is 2.19. The number of ether oxygens (including phenoxy) is 1. The Hall–Kier alpha value is -1.29. The lowest BCUT2D eigenvalue weighted by atomic mass is 9.88. The molecule has 0 fully saturated rings. The highest BCUT2D eigenvalue weighted by molar-refractivity contribution is 6.46. The fraction of sp³-hybridized carbons (Fsp3) is 0.300. The fourth-order valence-electron chi connectivity index (χ4n) is 1.12. The van der Waals surface area contributed by atoms with Crippen molar-refractivity contribution >= 4 is 18.9 Å². The van der Waals surface area contributed by atoms with Gasteiger partial charge >= 0.3 is 13.5 Å². The van der Waals surface area contributed by atoms with Gasteiger partial charge in [-0.2, -0.15) is 0 Å². The summed E-state index contributed by atoms with van der Waals surface area (Å²) in [5.41, 5.74) is 1.62. The Labute approximate surface area is 84.3 Å². The third-order valence-electron chi connectivity index (χ3n) is 1.78. The quantitative estimate of drug-likeness (QED) is 0.514. The van der Waals surface area contributed by atoms with Crippen molar-refractivity contribution in [1.82, 2.24) is 0 Å². The maximum Gasteiger partial charge on any atom is 0.338 e. The second kappa shape index (κ2) is 5.45. The molecule has 1 aromatic rings. The zero-order chi connectivity index (χ0) is 10.4. The van der Waals surface area contributed by atoms with Gasteiger partial charge < -0.3 is 9.39 Å². The molecule has 1 rings (SSSR count). The molecule has 1 aromatic carbocycles. The van der Waals surface area contributed by atoms with Gasteiger partial charge in [0.25, 0.3) is 0 Å². The van der Waals surface area contributed by atoms with E-state index in [-0.39, 0.29) is 5.97 Å².